The molecule has 0 fully saturated rings. The summed E-state index contributed by atoms with van der Waals surface area (Å²) in [7, 11) is 0. The fourth-order valence-corrected chi connectivity index (χ4v) is 4.79. The van der Waals surface area contributed by atoms with Crippen molar-refractivity contribution in [2.24, 2.45) is 0 Å². The number of fused-ring (bicyclic) bond motifs is 1. The Morgan fingerprint density at radius 2 is 2.03 bits per heavy atom. The third-order valence-corrected chi connectivity index (χ3v) is 6.66. The van der Waals surface area contributed by atoms with Gasteiger partial charge in [-0.3, -0.25) is 9.69 Å². The molecule has 30 heavy (non-hydrogen) atoms. The quantitative estimate of drug-likeness (QED) is 0.347. The van der Waals surface area contributed by atoms with Crippen LogP contribution in [0.1, 0.15) is 27.9 Å². The lowest BCUT2D eigenvalue weighted by Gasteiger charge is -2.20. The highest BCUT2D eigenvalue weighted by atomic mass is 35.5. The Hall–Kier alpha value is -2.41. The van der Waals surface area contributed by atoms with Crippen molar-refractivity contribution in [3.63, 3.8) is 0 Å². The van der Waals surface area contributed by atoms with Crippen LogP contribution in [0.3, 0.4) is 0 Å². The van der Waals surface area contributed by atoms with Crippen LogP contribution in [-0.2, 0) is 6.54 Å². The number of hydrogen-bond donors (Lipinski definition) is 0. The molecule has 0 saturated heterocycles. The minimum atomic E-state index is -0.185. The third kappa shape index (κ3) is 4.21. The number of thiazole rings is 1. The van der Waals surface area contributed by atoms with E-state index in [1.807, 2.05) is 10.8 Å². The van der Waals surface area contributed by atoms with E-state index in [1.54, 1.807) is 35.6 Å². The summed E-state index contributed by atoms with van der Waals surface area (Å²) >= 11 is 13.9. The first kappa shape index (κ1) is 20.8. The molecule has 0 bridgehead atoms. The summed E-state index contributed by atoms with van der Waals surface area (Å²) in [4.78, 5) is 24.0. The largest absolute Gasteiger partial charge is 0.337 e. The number of rotatable bonds is 6. The molecule has 154 valence electrons. The van der Waals surface area contributed by atoms with Gasteiger partial charge in [0.05, 0.1) is 27.1 Å². The van der Waals surface area contributed by atoms with E-state index in [9.17, 15) is 4.79 Å². The highest BCUT2D eigenvalue weighted by molar-refractivity contribution is 7.22. The van der Waals surface area contributed by atoms with Crippen molar-refractivity contribution < 1.29 is 4.79 Å². The van der Waals surface area contributed by atoms with E-state index >= 15 is 0 Å². The van der Waals surface area contributed by atoms with Gasteiger partial charge in [0.25, 0.3) is 5.91 Å². The average Bonchev–Trinajstić information content (AvgIpc) is 3.38. The van der Waals surface area contributed by atoms with Crippen molar-refractivity contribution in [2.45, 2.75) is 26.8 Å². The fraction of sp³-hybridized carbons (Fsp3) is 0.227. The molecule has 0 N–H and O–H groups in total. The highest BCUT2D eigenvalue weighted by Gasteiger charge is 2.23. The molecule has 0 radical (unpaired) electrons. The molecule has 2 aromatic heterocycles. The van der Waals surface area contributed by atoms with Gasteiger partial charge in [-0.25, -0.2) is 9.97 Å². The second kappa shape index (κ2) is 8.76. The molecule has 0 aliphatic heterocycles. The van der Waals surface area contributed by atoms with E-state index in [-0.39, 0.29) is 5.91 Å². The first-order chi connectivity index (χ1) is 14.4. The van der Waals surface area contributed by atoms with E-state index in [2.05, 4.69) is 31.0 Å². The van der Waals surface area contributed by atoms with Crippen molar-refractivity contribution in [1.29, 1.82) is 0 Å². The van der Waals surface area contributed by atoms with Gasteiger partial charge in [-0.1, -0.05) is 40.6 Å². The van der Waals surface area contributed by atoms with Crippen LogP contribution in [0, 0.1) is 13.8 Å². The van der Waals surface area contributed by atoms with Crippen LogP contribution in [0.2, 0.25) is 10.0 Å². The number of aryl methyl sites for hydroxylation is 3. The zero-order valence-electron chi connectivity index (χ0n) is 16.6. The lowest BCUT2D eigenvalue weighted by Crippen LogP contribution is -2.32. The van der Waals surface area contributed by atoms with Crippen LogP contribution >= 0.6 is 34.5 Å². The predicted molar refractivity (Wildman–Crippen MR) is 124 cm³/mol. The molecule has 0 saturated carbocycles. The van der Waals surface area contributed by atoms with Crippen molar-refractivity contribution in [1.82, 2.24) is 14.5 Å². The summed E-state index contributed by atoms with van der Waals surface area (Å²) in [6.07, 6.45) is 6.18. The van der Waals surface area contributed by atoms with Gasteiger partial charge in [0.2, 0.25) is 0 Å². The van der Waals surface area contributed by atoms with Crippen LogP contribution in [0.4, 0.5) is 5.13 Å². The lowest BCUT2D eigenvalue weighted by molar-refractivity contribution is 0.0986. The van der Waals surface area contributed by atoms with Crippen LogP contribution in [-0.4, -0.2) is 27.0 Å². The van der Waals surface area contributed by atoms with Crippen molar-refractivity contribution in [3.05, 3.63) is 75.8 Å². The van der Waals surface area contributed by atoms with Gasteiger partial charge >= 0.3 is 0 Å². The number of benzene rings is 2. The predicted octanol–water partition coefficient (Wildman–Crippen LogP) is 6.15. The maximum atomic E-state index is 13.4. The minimum Gasteiger partial charge on any atom is -0.337 e. The first-order valence-electron chi connectivity index (χ1n) is 9.53. The standard InChI is InChI=1S/C22H20Cl2N4OS/c1-14-4-7-19-20(15(14)2)26-22(30-19)28(10-3-9-27-11-8-25-13-27)21(29)17-6-5-16(23)12-18(17)24/h4-8,11-13H,3,9-10H2,1-2H3. The van der Waals surface area contributed by atoms with Crippen molar-refractivity contribution in [2.75, 3.05) is 11.4 Å². The fourth-order valence-electron chi connectivity index (χ4n) is 3.25. The molecule has 0 unspecified atom stereocenters. The van der Waals surface area contributed by atoms with E-state index < -0.39 is 0 Å². The van der Waals surface area contributed by atoms with Crippen LogP contribution in [0.25, 0.3) is 10.2 Å². The molecular formula is C22H20Cl2N4OS. The van der Waals surface area contributed by atoms with Crippen LogP contribution in [0.15, 0.2) is 49.1 Å². The van der Waals surface area contributed by atoms with E-state index in [1.165, 1.54) is 16.9 Å². The molecule has 5 nitrogen and oxygen atoms in total. The minimum absolute atomic E-state index is 0.185. The maximum Gasteiger partial charge on any atom is 0.261 e. The summed E-state index contributed by atoms with van der Waals surface area (Å²) in [6.45, 7) is 5.38. The molecule has 2 heterocycles. The Balaban J connectivity index is 1.69. The van der Waals surface area contributed by atoms with Gasteiger partial charge in [0, 0.05) is 30.5 Å². The summed E-state index contributed by atoms with van der Waals surface area (Å²) < 4.78 is 3.05. The van der Waals surface area contributed by atoms with Gasteiger partial charge < -0.3 is 4.57 Å². The number of imidazole rings is 1. The molecule has 8 heteroatoms. The molecule has 0 atom stereocenters. The zero-order chi connectivity index (χ0) is 21.3. The zero-order valence-corrected chi connectivity index (χ0v) is 18.9. The smallest absolute Gasteiger partial charge is 0.261 e. The Bertz CT molecular complexity index is 1200. The summed E-state index contributed by atoms with van der Waals surface area (Å²) in [6, 6.07) is 9.07. The Morgan fingerprint density at radius 3 is 2.77 bits per heavy atom. The number of hydrogen-bond acceptors (Lipinski definition) is 4. The maximum absolute atomic E-state index is 13.4. The SMILES string of the molecule is Cc1ccc2sc(N(CCCn3ccnc3)C(=O)c3ccc(Cl)cc3Cl)nc2c1C. The molecule has 0 spiro atoms. The highest BCUT2D eigenvalue weighted by Crippen LogP contribution is 2.33. The molecule has 0 aliphatic carbocycles. The molecule has 2 aromatic carbocycles. The third-order valence-electron chi connectivity index (χ3n) is 5.07. The van der Waals surface area contributed by atoms with Crippen LogP contribution in [0.5, 0.6) is 0 Å². The molecule has 4 rings (SSSR count). The van der Waals surface area contributed by atoms with Crippen molar-refractivity contribution >= 4 is 55.8 Å². The van der Waals surface area contributed by atoms with Gasteiger partial charge in [-0.15, -0.1) is 0 Å². The Labute approximate surface area is 188 Å². The summed E-state index contributed by atoms with van der Waals surface area (Å²) in [5.41, 5.74) is 3.66. The van der Waals surface area contributed by atoms with Gasteiger partial charge in [0.15, 0.2) is 5.13 Å². The van der Waals surface area contributed by atoms with Crippen LogP contribution < -0.4 is 4.90 Å². The number of nitrogens with zero attached hydrogens (tertiary/aromatic N) is 4. The topological polar surface area (TPSA) is 51.0 Å². The Morgan fingerprint density at radius 1 is 1.20 bits per heavy atom. The van der Waals surface area contributed by atoms with Crippen molar-refractivity contribution in [3.8, 4) is 0 Å². The van der Waals surface area contributed by atoms with Gasteiger partial charge in [-0.2, -0.15) is 0 Å². The Kier molecular flexibility index (Phi) is 6.09. The molecular weight excluding hydrogens is 439 g/mol. The number of amides is 1. The second-order valence-electron chi connectivity index (χ2n) is 7.09. The number of carbonyl (C=O) groups excluding carboxylic acids is 1. The normalized spacial score (nSPS) is 11.2. The van der Waals surface area contributed by atoms with Gasteiger partial charge in [0.1, 0.15) is 0 Å². The first-order valence-corrected chi connectivity index (χ1v) is 11.1. The summed E-state index contributed by atoms with van der Waals surface area (Å²) in [5.74, 6) is -0.185. The second-order valence-corrected chi connectivity index (χ2v) is 8.94. The molecule has 1 amide bonds. The lowest BCUT2D eigenvalue weighted by atomic mass is 10.1. The van der Waals surface area contributed by atoms with Gasteiger partial charge in [-0.05, 0) is 55.7 Å². The molecule has 0 aliphatic rings. The molecule has 4 aromatic rings. The van der Waals surface area contributed by atoms with E-state index in [0.717, 1.165) is 28.7 Å². The number of aromatic nitrogens is 3. The number of carbonyl (C=O) groups is 1. The number of halogens is 2. The van der Waals surface area contributed by atoms with E-state index in [0.29, 0.717) is 27.3 Å². The van der Waals surface area contributed by atoms with E-state index in [4.69, 9.17) is 28.2 Å². The number of anilines is 1. The average molecular weight is 459 g/mol. The monoisotopic (exact) mass is 458 g/mol. The summed E-state index contributed by atoms with van der Waals surface area (Å²) in [5, 5.41) is 1.50.